The summed E-state index contributed by atoms with van der Waals surface area (Å²) in [5.74, 6) is -1.14. The summed E-state index contributed by atoms with van der Waals surface area (Å²) in [4.78, 5) is 21.5. The Morgan fingerprint density at radius 3 is 2.55 bits per heavy atom. The lowest BCUT2D eigenvalue weighted by molar-refractivity contribution is -0.383. The van der Waals surface area contributed by atoms with Crippen LogP contribution in [0.2, 0.25) is 5.02 Å². The first-order valence-electron chi connectivity index (χ1n) is 5.53. The van der Waals surface area contributed by atoms with Gasteiger partial charge >= 0.3 is 5.97 Å². The number of carbonyl (C=O) groups is 1. The number of aromatic carboxylic acids is 1. The molecule has 0 spiro atoms. The Labute approximate surface area is 118 Å². The standard InChI is InChI=1S/C13H9ClN2O4/c14-9-5-3-7-11(16(19)20)12(9)15-10-6-2-1-4-8(10)13(17)18/h1-7,15H,(H,17,18). The largest absolute Gasteiger partial charge is 0.478 e. The van der Waals surface area contributed by atoms with E-state index in [0.29, 0.717) is 0 Å². The fraction of sp³-hybridized carbons (Fsp3) is 0. The van der Waals surface area contributed by atoms with E-state index in [1.54, 1.807) is 12.1 Å². The van der Waals surface area contributed by atoms with E-state index in [1.165, 1.54) is 30.3 Å². The molecule has 0 saturated heterocycles. The molecule has 0 heterocycles. The zero-order chi connectivity index (χ0) is 14.7. The Bertz CT molecular complexity index is 688. The van der Waals surface area contributed by atoms with Crippen LogP contribution >= 0.6 is 11.6 Å². The highest BCUT2D eigenvalue weighted by molar-refractivity contribution is 6.34. The normalized spacial score (nSPS) is 10.1. The Hall–Kier alpha value is -2.60. The quantitative estimate of drug-likeness (QED) is 0.662. The first kappa shape index (κ1) is 13.8. The molecule has 2 N–H and O–H groups in total. The highest BCUT2D eigenvalue weighted by Crippen LogP contribution is 2.35. The molecule has 2 aromatic carbocycles. The molecule has 0 aromatic heterocycles. The number of nitrogens with zero attached hydrogens (tertiary/aromatic N) is 1. The minimum atomic E-state index is -1.14. The van der Waals surface area contributed by atoms with Crippen LogP contribution in [0.4, 0.5) is 17.1 Å². The average Bonchev–Trinajstić information content (AvgIpc) is 2.41. The van der Waals surface area contributed by atoms with Crippen molar-refractivity contribution in [3.63, 3.8) is 0 Å². The molecule has 0 radical (unpaired) electrons. The molecule has 0 atom stereocenters. The number of carboxylic acid groups (broad SMARTS) is 1. The summed E-state index contributed by atoms with van der Waals surface area (Å²) in [6, 6.07) is 10.3. The molecule has 20 heavy (non-hydrogen) atoms. The van der Waals surface area contributed by atoms with Gasteiger partial charge in [0.25, 0.3) is 5.69 Å². The lowest BCUT2D eigenvalue weighted by atomic mass is 10.1. The van der Waals surface area contributed by atoms with E-state index in [1.807, 2.05) is 0 Å². The molecule has 0 aliphatic heterocycles. The molecule has 7 heteroatoms. The highest BCUT2D eigenvalue weighted by atomic mass is 35.5. The van der Waals surface area contributed by atoms with Crippen LogP contribution in [-0.2, 0) is 0 Å². The van der Waals surface area contributed by atoms with E-state index < -0.39 is 10.9 Å². The molecular formula is C13H9ClN2O4. The molecule has 0 saturated carbocycles. The number of carboxylic acids is 1. The summed E-state index contributed by atoms with van der Waals surface area (Å²) in [6.07, 6.45) is 0. The third-order valence-electron chi connectivity index (χ3n) is 2.61. The predicted octanol–water partition coefficient (Wildman–Crippen LogP) is 3.69. The number of anilines is 2. The lowest BCUT2D eigenvalue weighted by Crippen LogP contribution is -2.04. The number of nitro benzene ring substituents is 1. The number of halogens is 1. The van der Waals surface area contributed by atoms with Gasteiger partial charge in [0.1, 0.15) is 5.69 Å². The maximum Gasteiger partial charge on any atom is 0.337 e. The van der Waals surface area contributed by atoms with Crippen LogP contribution < -0.4 is 5.32 Å². The maximum absolute atomic E-state index is 11.1. The molecule has 0 bridgehead atoms. The minimum Gasteiger partial charge on any atom is -0.478 e. The summed E-state index contributed by atoms with van der Waals surface area (Å²) in [5.41, 5.74) is 0.0727. The van der Waals surface area contributed by atoms with Gasteiger partial charge in [0.2, 0.25) is 0 Å². The second kappa shape index (κ2) is 5.58. The Kier molecular flexibility index (Phi) is 3.86. The van der Waals surface area contributed by atoms with E-state index in [-0.39, 0.29) is 27.6 Å². The summed E-state index contributed by atoms with van der Waals surface area (Å²) in [7, 11) is 0. The van der Waals surface area contributed by atoms with E-state index in [4.69, 9.17) is 16.7 Å². The van der Waals surface area contributed by atoms with Gasteiger partial charge in [-0.25, -0.2) is 4.79 Å². The molecule has 0 unspecified atom stereocenters. The fourth-order valence-electron chi connectivity index (χ4n) is 1.70. The van der Waals surface area contributed by atoms with Crippen LogP contribution in [0.1, 0.15) is 10.4 Å². The zero-order valence-electron chi connectivity index (χ0n) is 10.0. The number of para-hydroxylation sites is 2. The Morgan fingerprint density at radius 2 is 1.90 bits per heavy atom. The molecule has 6 nitrogen and oxygen atoms in total. The Morgan fingerprint density at radius 1 is 1.20 bits per heavy atom. The van der Waals surface area contributed by atoms with Gasteiger partial charge < -0.3 is 10.4 Å². The van der Waals surface area contributed by atoms with E-state index in [2.05, 4.69) is 5.32 Å². The van der Waals surface area contributed by atoms with Crippen LogP contribution in [0, 0.1) is 10.1 Å². The third kappa shape index (κ3) is 2.70. The van der Waals surface area contributed by atoms with Gasteiger partial charge in [0.15, 0.2) is 0 Å². The van der Waals surface area contributed by atoms with Gasteiger partial charge in [0.05, 0.1) is 21.2 Å². The molecule has 2 rings (SSSR count). The lowest BCUT2D eigenvalue weighted by Gasteiger charge is -2.11. The first-order valence-corrected chi connectivity index (χ1v) is 5.90. The van der Waals surface area contributed by atoms with Gasteiger partial charge in [-0.1, -0.05) is 29.8 Å². The number of nitrogens with one attached hydrogen (secondary N) is 1. The van der Waals surface area contributed by atoms with Crippen LogP contribution in [0.25, 0.3) is 0 Å². The van der Waals surface area contributed by atoms with E-state index in [9.17, 15) is 14.9 Å². The molecule has 2 aromatic rings. The average molecular weight is 293 g/mol. The van der Waals surface area contributed by atoms with Crippen molar-refractivity contribution < 1.29 is 14.8 Å². The molecule has 0 amide bonds. The van der Waals surface area contributed by atoms with Gasteiger partial charge in [0, 0.05) is 6.07 Å². The van der Waals surface area contributed by atoms with Crippen LogP contribution in [0.3, 0.4) is 0 Å². The van der Waals surface area contributed by atoms with Gasteiger partial charge in [-0.3, -0.25) is 10.1 Å². The fourth-order valence-corrected chi connectivity index (χ4v) is 1.92. The monoisotopic (exact) mass is 292 g/mol. The van der Waals surface area contributed by atoms with E-state index in [0.717, 1.165) is 0 Å². The topological polar surface area (TPSA) is 92.5 Å². The molecule has 0 fully saturated rings. The van der Waals surface area contributed by atoms with Crippen molar-refractivity contribution in [3.05, 3.63) is 63.2 Å². The summed E-state index contributed by atoms with van der Waals surface area (Å²) in [6.45, 7) is 0. The predicted molar refractivity (Wildman–Crippen MR) is 74.8 cm³/mol. The van der Waals surface area contributed by atoms with E-state index >= 15 is 0 Å². The SMILES string of the molecule is O=C(O)c1ccccc1Nc1c(Cl)cccc1[N+](=O)[O-]. The van der Waals surface area contributed by atoms with Gasteiger partial charge in [-0.15, -0.1) is 0 Å². The van der Waals surface area contributed by atoms with Crippen LogP contribution in [-0.4, -0.2) is 16.0 Å². The van der Waals surface area contributed by atoms with Crippen molar-refractivity contribution in [3.8, 4) is 0 Å². The van der Waals surface area contributed by atoms with Crippen LogP contribution in [0.15, 0.2) is 42.5 Å². The minimum absolute atomic E-state index is 0.00159. The first-order chi connectivity index (χ1) is 9.50. The molecule has 0 aliphatic carbocycles. The zero-order valence-corrected chi connectivity index (χ0v) is 10.8. The summed E-state index contributed by atoms with van der Waals surface area (Å²) >= 11 is 5.94. The molecular weight excluding hydrogens is 284 g/mol. The smallest absolute Gasteiger partial charge is 0.337 e. The van der Waals surface area contributed by atoms with Crippen molar-refractivity contribution in [2.75, 3.05) is 5.32 Å². The second-order valence-corrected chi connectivity index (χ2v) is 4.27. The Balaban J connectivity index is 2.51. The number of benzene rings is 2. The van der Waals surface area contributed by atoms with Crippen molar-refractivity contribution in [1.82, 2.24) is 0 Å². The maximum atomic E-state index is 11.1. The van der Waals surface area contributed by atoms with Crippen molar-refractivity contribution in [1.29, 1.82) is 0 Å². The summed E-state index contributed by atoms with van der Waals surface area (Å²) < 4.78 is 0. The van der Waals surface area contributed by atoms with Gasteiger partial charge in [-0.05, 0) is 18.2 Å². The molecule has 102 valence electrons. The van der Waals surface area contributed by atoms with Crippen molar-refractivity contribution in [2.45, 2.75) is 0 Å². The number of hydrogen-bond donors (Lipinski definition) is 2. The second-order valence-electron chi connectivity index (χ2n) is 3.87. The highest BCUT2D eigenvalue weighted by Gasteiger charge is 2.18. The number of nitro groups is 1. The number of rotatable bonds is 4. The van der Waals surface area contributed by atoms with Crippen molar-refractivity contribution >= 4 is 34.6 Å². The third-order valence-corrected chi connectivity index (χ3v) is 2.92. The van der Waals surface area contributed by atoms with Gasteiger partial charge in [-0.2, -0.15) is 0 Å². The summed E-state index contributed by atoms with van der Waals surface area (Å²) in [5, 5.41) is 22.9. The van der Waals surface area contributed by atoms with Crippen molar-refractivity contribution in [2.24, 2.45) is 0 Å². The molecule has 0 aliphatic rings. The number of hydrogen-bond acceptors (Lipinski definition) is 4. The van der Waals surface area contributed by atoms with Crippen LogP contribution in [0.5, 0.6) is 0 Å².